The first kappa shape index (κ1) is 11.9. The fourth-order valence-electron chi connectivity index (χ4n) is 2.21. The van der Waals surface area contributed by atoms with Crippen molar-refractivity contribution in [2.75, 3.05) is 18.5 Å². The van der Waals surface area contributed by atoms with Crippen LogP contribution in [0.3, 0.4) is 0 Å². The first-order valence-corrected chi connectivity index (χ1v) is 5.89. The molecule has 0 spiro atoms. The summed E-state index contributed by atoms with van der Waals surface area (Å²) in [6.07, 6.45) is 1.24. The maximum atomic E-state index is 13.1. The number of carbonyl (C=O) groups excluding carboxylic acids is 1. The van der Waals surface area contributed by atoms with Gasteiger partial charge in [0.15, 0.2) is 0 Å². The van der Waals surface area contributed by atoms with E-state index in [0.717, 1.165) is 24.2 Å². The van der Waals surface area contributed by atoms with E-state index in [2.05, 4.69) is 5.32 Å². The van der Waals surface area contributed by atoms with E-state index in [4.69, 9.17) is 4.74 Å². The molecular formula is C13H16FNO2. The minimum Gasteiger partial charge on any atom is -0.466 e. The number of fused-ring (bicyclic) bond motifs is 1. The van der Waals surface area contributed by atoms with Crippen molar-refractivity contribution in [2.45, 2.75) is 25.7 Å². The molecule has 1 aliphatic rings. The lowest BCUT2D eigenvalue weighted by Gasteiger charge is -2.26. The number of carbonyl (C=O) groups is 1. The van der Waals surface area contributed by atoms with E-state index in [1.54, 1.807) is 13.0 Å². The second-order valence-corrected chi connectivity index (χ2v) is 4.15. The molecule has 0 aliphatic carbocycles. The highest BCUT2D eigenvalue weighted by Gasteiger charge is 2.23. The van der Waals surface area contributed by atoms with Crippen LogP contribution >= 0.6 is 0 Å². The second-order valence-electron chi connectivity index (χ2n) is 4.15. The Morgan fingerprint density at radius 2 is 2.41 bits per heavy atom. The third-order valence-corrected chi connectivity index (χ3v) is 2.98. The van der Waals surface area contributed by atoms with Crippen molar-refractivity contribution in [2.24, 2.45) is 0 Å². The second kappa shape index (κ2) is 5.17. The molecule has 1 heterocycles. The Morgan fingerprint density at radius 3 is 3.18 bits per heavy atom. The van der Waals surface area contributed by atoms with Crippen LogP contribution < -0.4 is 5.32 Å². The van der Waals surface area contributed by atoms with Gasteiger partial charge in [-0.1, -0.05) is 6.07 Å². The summed E-state index contributed by atoms with van der Waals surface area (Å²) in [5.41, 5.74) is 1.80. The van der Waals surface area contributed by atoms with Gasteiger partial charge >= 0.3 is 5.97 Å². The fourth-order valence-corrected chi connectivity index (χ4v) is 2.21. The van der Waals surface area contributed by atoms with Crippen LogP contribution in [-0.4, -0.2) is 19.1 Å². The lowest BCUT2D eigenvalue weighted by atomic mass is 9.88. The van der Waals surface area contributed by atoms with E-state index in [1.165, 1.54) is 12.1 Å². The number of halogens is 1. The van der Waals surface area contributed by atoms with Gasteiger partial charge in [-0.15, -0.1) is 0 Å². The zero-order valence-electron chi connectivity index (χ0n) is 9.83. The lowest BCUT2D eigenvalue weighted by molar-refractivity contribution is -0.143. The standard InChI is InChI=1S/C13H16FNO2/c1-2-17-13(16)7-9-5-6-15-12-8-10(14)3-4-11(9)12/h3-4,8-9,15H,2,5-7H2,1H3. The van der Waals surface area contributed by atoms with Crippen LogP contribution in [-0.2, 0) is 9.53 Å². The van der Waals surface area contributed by atoms with Crippen LogP contribution in [0, 0.1) is 5.82 Å². The smallest absolute Gasteiger partial charge is 0.306 e. The molecule has 1 aromatic carbocycles. The predicted octanol–water partition coefficient (Wildman–Crippen LogP) is 2.68. The summed E-state index contributed by atoms with van der Waals surface area (Å²) in [6.45, 7) is 2.96. The average molecular weight is 237 g/mol. The highest BCUT2D eigenvalue weighted by Crippen LogP contribution is 2.34. The van der Waals surface area contributed by atoms with Crippen molar-refractivity contribution in [1.82, 2.24) is 0 Å². The summed E-state index contributed by atoms with van der Waals surface area (Å²) in [5, 5.41) is 3.15. The van der Waals surface area contributed by atoms with Gasteiger partial charge in [0.05, 0.1) is 13.0 Å². The Balaban J connectivity index is 2.14. The molecule has 1 aromatic rings. The highest BCUT2D eigenvalue weighted by molar-refractivity contribution is 5.71. The molecule has 0 saturated heterocycles. The number of hydrogen-bond acceptors (Lipinski definition) is 3. The normalized spacial score (nSPS) is 18.1. The van der Waals surface area contributed by atoms with Gasteiger partial charge in [0.2, 0.25) is 0 Å². The average Bonchev–Trinajstić information content (AvgIpc) is 2.29. The van der Waals surface area contributed by atoms with Crippen LogP contribution in [0.1, 0.15) is 31.2 Å². The van der Waals surface area contributed by atoms with Gasteiger partial charge in [-0.2, -0.15) is 0 Å². The van der Waals surface area contributed by atoms with Crippen LogP contribution in [0.5, 0.6) is 0 Å². The Hall–Kier alpha value is -1.58. The summed E-state index contributed by atoms with van der Waals surface area (Å²) in [7, 11) is 0. The molecule has 0 amide bonds. The van der Waals surface area contributed by atoms with Gasteiger partial charge in [0.1, 0.15) is 5.82 Å². The van der Waals surface area contributed by atoms with Gasteiger partial charge in [0.25, 0.3) is 0 Å². The topological polar surface area (TPSA) is 38.3 Å². The van der Waals surface area contributed by atoms with Crippen molar-refractivity contribution in [1.29, 1.82) is 0 Å². The Kier molecular flexibility index (Phi) is 3.61. The van der Waals surface area contributed by atoms with Crippen molar-refractivity contribution in [3.05, 3.63) is 29.6 Å². The molecule has 0 bridgehead atoms. The van der Waals surface area contributed by atoms with E-state index in [0.29, 0.717) is 13.0 Å². The van der Waals surface area contributed by atoms with Gasteiger partial charge in [-0.25, -0.2) is 4.39 Å². The maximum Gasteiger partial charge on any atom is 0.306 e. The minimum absolute atomic E-state index is 0.130. The number of rotatable bonds is 3. The molecule has 1 unspecified atom stereocenters. The van der Waals surface area contributed by atoms with Crippen molar-refractivity contribution in [3.8, 4) is 0 Å². The fraction of sp³-hybridized carbons (Fsp3) is 0.462. The monoisotopic (exact) mass is 237 g/mol. The number of esters is 1. The number of anilines is 1. The van der Waals surface area contributed by atoms with E-state index in [-0.39, 0.29) is 17.7 Å². The Morgan fingerprint density at radius 1 is 1.59 bits per heavy atom. The van der Waals surface area contributed by atoms with E-state index in [1.807, 2.05) is 0 Å². The van der Waals surface area contributed by atoms with Gasteiger partial charge in [-0.05, 0) is 37.0 Å². The summed E-state index contributed by atoms with van der Waals surface area (Å²) in [4.78, 5) is 11.5. The molecule has 1 atom stereocenters. The van der Waals surface area contributed by atoms with Crippen molar-refractivity contribution in [3.63, 3.8) is 0 Å². The summed E-state index contributed by atoms with van der Waals surface area (Å²) >= 11 is 0. The summed E-state index contributed by atoms with van der Waals surface area (Å²) < 4.78 is 18.0. The first-order chi connectivity index (χ1) is 8.20. The number of hydrogen-bond donors (Lipinski definition) is 1. The predicted molar refractivity (Wildman–Crippen MR) is 63.5 cm³/mol. The largest absolute Gasteiger partial charge is 0.466 e. The van der Waals surface area contributed by atoms with Crippen LogP contribution in [0.15, 0.2) is 18.2 Å². The molecule has 4 heteroatoms. The number of nitrogens with one attached hydrogen (secondary N) is 1. The third-order valence-electron chi connectivity index (χ3n) is 2.98. The zero-order valence-corrected chi connectivity index (χ0v) is 9.83. The maximum absolute atomic E-state index is 13.1. The molecule has 3 nitrogen and oxygen atoms in total. The molecule has 17 heavy (non-hydrogen) atoms. The molecule has 0 saturated carbocycles. The SMILES string of the molecule is CCOC(=O)CC1CCNc2cc(F)ccc21. The van der Waals surface area contributed by atoms with Crippen molar-refractivity contribution < 1.29 is 13.9 Å². The number of benzene rings is 1. The Labute approximate surface area is 100.0 Å². The van der Waals surface area contributed by atoms with Gasteiger partial charge < -0.3 is 10.1 Å². The van der Waals surface area contributed by atoms with Gasteiger partial charge in [0, 0.05) is 12.2 Å². The highest BCUT2D eigenvalue weighted by atomic mass is 19.1. The van der Waals surface area contributed by atoms with Crippen LogP contribution in [0.4, 0.5) is 10.1 Å². The molecule has 1 N–H and O–H groups in total. The molecule has 2 rings (SSSR count). The van der Waals surface area contributed by atoms with E-state index < -0.39 is 0 Å². The Bertz CT molecular complexity index is 420. The summed E-state index contributed by atoms with van der Waals surface area (Å²) in [6, 6.07) is 4.66. The van der Waals surface area contributed by atoms with E-state index in [9.17, 15) is 9.18 Å². The van der Waals surface area contributed by atoms with Crippen LogP contribution in [0.25, 0.3) is 0 Å². The van der Waals surface area contributed by atoms with Crippen molar-refractivity contribution >= 4 is 11.7 Å². The minimum atomic E-state index is -0.256. The molecule has 92 valence electrons. The molecule has 1 aliphatic heterocycles. The van der Waals surface area contributed by atoms with E-state index >= 15 is 0 Å². The first-order valence-electron chi connectivity index (χ1n) is 5.89. The zero-order chi connectivity index (χ0) is 12.3. The third kappa shape index (κ3) is 2.75. The number of ether oxygens (including phenoxy) is 1. The van der Waals surface area contributed by atoms with Gasteiger partial charge in [-0.3, -0.25) is 4.79 Å². The molecule has 0 radical (unpaired) electrons. The van der Waals surface area contributed by atoms with Crippen LogP contribution in [0.2, 0.25) is 0 Å². The molecule has 0 fully saturated rings. The quantitative estimate of drug-likeness (QED) is 0.821. The molecular weight excluding hydrogens is 221 g/mol. The summed E-state index contributed by atoms with van der Waals surface area (Å²) in [5.74, 6) is -0.311. The lowest BCUT2D eigenvalue weighted by Crippen LogP contribution is -2.20. The molecule has 0 aromatic heterocycles.